The standard InChI is InChI=1S/C16H19BrN2O/c1-4-13-16(17)14(19(3)18-13)10-15(20)11(2)12-8-6-5-7-9-12/h5-9,11H,4,10H2,1-3H3. The van der Waals surface area contributed by atoms with E-state index in [-0.39, 0.29) is 11.7 Å². The molecule has 0 saturated heterocycles. The highest BCUT2D eigenvalue weighted by atomic mass is 79.9. The van der Waals surface area contributed by atoms with Crippen LogP contribution in [-0.4, -0.2) is 15.6 Å². The van der Waals surface area contributed by atoms with Gasteiger partial charge in [0.1, 0.15) is 5.78 Å². The Morgan fingerprint density at radius 3 is 2.55 bits per heavy atom. The van der Waals surface area contributed by atoms with Gasteiger partial charge in [0.05, 0.1) is 22.3 Å². The van der Waals surface area contributed by atoms with Gasteiger partial charge in [0.15, 0.2) is 0 Å². The maximum absolute atomic E-state index is 12.5. The first-order valence-corrected chi connectivity index (χ1v) is 7.61. The highest BCUT2D eigenvalue weighted by Gasteiger charge is 2.20. The van der Waals surface area contributed by atoms with Crippen molar-refractivity contribution in [2.75, 3.05) is 0 Å². The average molecular weight is 335 g/mol. The molecule has 106 valence electrons. The molecule has 4 heteroatoms. The Balaban J connectivity index is 2.18. The molecule has 0 aliphatic carbocycles. The van der Waals surface area contributed by atoms with E-state index in [1.54, 1.807) is 4.68 Å². The van der Waals surface area contributed by atoms with Gasteiger partial charge in [-0.2, -0.15) is 5.10 Å². The highest BCUT2D eigenvalue weighted by molar-refractivity contribution is 9.10. The van der Waals surface area contributed by atoms with E-state index in [9.17, 15) is 4.79 Å². The topological polar surface area (TPSA) is 34.9 Å². The smallest absolute Gasteiger partial charge is 0.146 e. The van der Waals surface area contributed by atoms with E-state index >= 15 is 0 Å². The summed E-state index contributed by atoms with van der Waals surface area (Å²) in [6.07, 6.45) is 1.26. The van der Waals surface area contributed by atoms with E-state index < -0.39 is 0 Å². The van der Waals surface area contributed by atoms with Crippen LogP contribution in [-0.2, 0) is 24.7 Å². The number of aryl methyl sites for hydroxylation is 2. The van der Waals surface area contributed by atoms with Crippen molar-refractivity contribution in [3.63, 3.8) is 0 Å². The fourth-order valence-corrected chi connectivity index (χ4v) is 3.01. The fourth-order valence-electron chi connectivity index (χ4n) is 2.26. The second-order valence-electron chi connectivity index (χ2n) is 4.96. The van der Waals surface area contributed by atoms with Crippen molar-refractivity contribution in [2.45, 2.75) is 32.6 Å². The first kappa shape index (κ1) is 15.0. The first-order chi connectivity index (χ1) is 9.54. The molecule has 0 amide bonds. The molecule has 1 atom stereocenters. The van der Waals surface area contributed by atoms with E-state index in [1.807, 2.05) is 44.3 Å². The van der Waals surface area contributed by atoms with Gasteiger partial charge in [0, 0.05) is 13.0 Å². The van der Waals surface area contributed by atoms with Gasteiger partial charge in [-0.3, -0.25) is 9.48 Å². The van der Waals surface area contributed by atoms with Crippen LogP contribution in [0.2, 0.25) is 0 Å². The Labute approximate surface area is 128 Å². The number of carbonyl (C=O) groups excluding carboxylic acids is 1. The summed E-state index contributed by atoms with van der Waals surface area (Å²) in [4.78, 5) is 12.5. The van der Waals surface area contributed by atoms with Gasteiger partial charge in [-0.1, -0.05) is 44.2 Å². The molecule has 2 rings (SSSR count). The Hall–Kier alpha value is -1.42. The number of Topliss-reactive ketones (excluding diaryl/α,β-unsaturated/α-hetero) is 1. The second-order valence-corrected chi connectivity index (χ2v) is 5.75. The lowest BCUT2D eigenvalue weighted by Gasteiger charge is -2.11. The molecule has 1 heterocycles. The molecule has 0 radical (unpaired) electrons. The average Bonchev–Trinajstić information content (AvgIpc) is 2.74. The number of hydrogen-bond donors (Lipinski definition) is 0. The number of aromatic nitrogens is 2. The third-order valence-corrected chi connectivity index (χ3v) is 4.54. The summed E-state index contributed by atoms with van der Waals surface area (Å²) >= 11 is 3.56. The molecular formula is C16H19BrN2O. The van der Waals surface area contributed by atoms with Gasteiger partial charge >= 0.3 is 0 Å². The normalized spacial score (nSPS) is 12.4. The molecule has 0 spiro atoms. The van der Waals surface area contributed by atoms with E-state index in [0.717, 1.165) is 27.8 Å². The van der Waals surface area contributed by atoms with E-state index in [4.69, 9.17) is 0 Å². The molecule has 3 nitrogen and oxygen atoms in total. The van der Waals surface area contributed by atoms with Crippen LogP contribution >= 0.6 is 15.9 Å². The molecule has 0 aliphatic heterocycles. The van der Waals surface area contributed by atoms with Gasteiger partial charge in [-0.05, 0) is 27.9 Å². The third kappa shape index (κ3) is 3.01. The lowest BCUT2D eigenvalue weighted by molar-refractivity contribution is -0.119. The number of halogens is 1. The van der Waals surface area contributed by atoms with Crippen LogP contribution in [0.3, 0.4) is 0 Å². The zero-order valence-corrected chi connectivity index (χ0v) is 13.6. The number of nitrogens with zero attached hydrogens (tertiary/aromatic N) is 2. The lowest BCUT2D eigenvalue weighted by atomic mass is 9.94. The summed E-state index contributed by atoms with van der Waals surface area (Å²) in [5.41, 5.74) is 3.02. The molecular weight excluding hydrogens is 316 g/mol. The number of ketones is 1. The number of carbonyl (C=O) groups is 1. The van der Waals surface area contributed by atoms with E-state index in [2.05, 4.69) is 28.0 Å². The quantitative estimate of drug-likeness (QED) is 0.836. The summed E-state index contributed by atoms with van der Waals surface area (Å²) in [6.45, 7) is 4.02. The van der Waals surface area contributed by atoms with Crippen LogP contribution in [0, 0.1) is 0 Å². The van der Waals surface area contributed by atoms with E-state index in [1.165, 1.54) is 0 Å². The SMILES string of the molecule is CCc1nn(C)c(CC(=O)C(C)c2ccccc2)c1Br. The van der Waals surface area contributed by atoms with Crippen molar-refractivity contribution in [1.29, 1.82) is 0 Å². The minimum Gasteiger partial charge on any atom is -0.299 e. The van der Waals surface area contributed by atoms with Gasteiger partial charge in [-0.25, -0.2) is 0 Å². The lowest BCUT2D eigenvalue weighted by Crippen LogP contribution is -2.14. The summed E-state index contributed by atoms with van der Waals surface area (Å²) in [6, 6.07) is 9.89. The van der Waals surface area contributed by atoms with Crippen molar-refractivity contribution in [3.05, 3.63) is 51.8 Å². The van der Waals surface area contributed by atoms with Crippen LogP contribution in [0.5, 0.6) is 0 Å². The Morgan fingerprint density at radius 1 is 1.35 bits per heavy atom. The van der Waals surface area contributed by atoms with E-state index in [0.29, 0.717) is 6.42 Å². The molecule has 1 unspecified atom stereocenters. The summed E-state index contributed by atoms with van der Waals surface area (Å²) in [5, 5.41) is 4.43. The zero-order chi connectivity index (χ0) is 14.7. The second kappa shape index (κ2) is 6.35. The minimum atomic E-state index is -0.0944. The van der Waals surface area contributed by atoms with Crippen molar-refractivity contribution < 1.29 is 4.79 Å². The summed E-state index contributed by atoms with van der Waals surface area (Å²) in [5.74, 6) is 0.116. The minimum absolute atomic E-state index is 0.0944. The largest absolute Gasteiger partial charge is 0.299 e. The summed E-state index contributed by atoms with van der Waals surface area (Å²) in [7, 11) is 1.89. The van der Waals surface area contributed by atoms with Crippen molar-refractivity contribution in [2.24, 2.45) is 7.05 Å². The number of rotatable bonds is 5. The molecule has 0 N–H and O–H groups in total. The van der Waals surface area contributed by atoms with Crippen LogP contribution in [0.1, 0.15) is 36.7 Å². The Morgan fingerprint density at radius 2 is 2.00 bits per heavy atom. The number of benzene rings is 1. The molecule has 0 fully saturated rings. The maximum Gasteiger partial charge on any atom is 0.146 e. The van der Waals surface area contributed by atoms with Crippen LogP contribution in [0.4, 0.5) is 0 Å². The molecule has 20 heavy (non-hydrogen) atoms. The Bertz CT molecular complexity index is 604. The first-order valence-electron chi connectivity index (χ1n) is 6.82. The summed E-state index contributed by atoms with van der Waals surface area (Å²) < 4.78 is 2.77. The zero-order valence-electron chi connectivity index (χ0n) is 12.1. The Kier molecular flexibility index (Phi) is 4.76. The van der Waals surface area contributed by atoms with Gasteiger partial charge in [0.25, 0.3) is 0 Å². The molecule has 1 aromatic carbocycles. The van der Waals surface area contributed by atoms with Crippen LogP contribution < -0.4 is 0 Å². The molecule has 0 saturated carbocycles. The monoisotopic (exact) mass is 334 g/mol. The van der Waals surface area contributed by atoms with Crippen molar-refractivity contribution in [3.8, 4) is 0 Å². The molecule has 0 aliphatic rings. The predicted octanol–water partition coefficient (Wildman–Crippen LogP) is 3.66. The molecule has 2 aromatic rings. The van der Waals surface area contributed by atoms with Gasteiger partial charge < -0.3 is 0 Å². The third-order valence-electron chi connectivity index (χ3n) is 3.63. The maximum atomic E-state index is 12.5. The van der Waals surface area contributed by atoms with Crippen molar-refractivity contribution in [1.82, 2.24) is 9.78 Å². The molecule has 1 aromatic heterocycles. The fraction of sp³-hybridized carbons (Fsp3) is 0.375. The van der Waals surface area contributed by atoms with Crippen LogP contribution in [0.25, 0.3) is 0 Å². The molecule has 0 bridgehead atoms. The van der Waals surface area contributed by atoms with Gasteiger partial charge in [0.2, 0.25) is 0 Å². The predicted molar refractivity (Wildman–Crippen MR) is 83.9 cm³/mol. The number of hydrogen-bond acceptors (Lipinski definition) is 2. The highest BCUT2D eigenvalue weighted by Crippen LogP contribution is 2.25. The van der Waals surface area contributed by atoms with Gasteiger partial charge in [-0.15, -0.1) is 0 Å². The van der Waals surface area contributed by atoms with Crippen LogP contribution in [0.15, 0.2) is 34.8 Å². The van der Waals surface area contributed by atoms with Crippen molar-refractivity contribution >= 4 is 21.7 Å².